The summed E-state index contributed by atoms with van der Waals surface area (Å²) in [5.41, 5.74) is 4.16. The van der Waals surface area contributed by atoms with Crippen LogP contribution in [0.25, 0.3) is 0 Å². The maximum absolute atomic E-state index is 9.40. The molecule has 0 aromatic heterocycles. The van der Waals surface area contributed by atoms with E-state index in [4.69, 9.17) is 11.6 Å². The first kappa shape index (κ1) is 13.4. The Morgan fingerprint density at radius 1 is 1.14 bits per heavy atom. The SMILES string of the molecule is N#Cc1cccc2c1NC(c1ccc(Cl)cc1)C1CC=CC21. The van der Waals surface area contributed by atoms with Gasteiger partial charge in [0.05, 0.1) is 17.3 Å². The third-order valence-electron chi connectivity index (χ3n) is 4.75. The number of hydrogen-bond acceptors (Lipinski definition) is 2. The summed E-state index contributed by atoms with van der Waals surface area (Å²) in [7, 11) is 0. The lowest BCUT2D eigenvalue weighted by Gasteiger charge is -2.38. The van der Waals surface area contributed by atoms with Gasteiger partial charge in [0.25, 0.3) is 0 Å². The van der Waals surface area contributed by atoms with E-state index in [2.05, 4.69) is 41.7 Å². The molecule has 2 aromatic carbocycles. The average molecular weight is 307 g/mol. The summed E-state index contributed by atoms with van der Waals surface area (Å²) in [4.78, 5) is 0. The van der Waals surface area contributed by atoms with Crippen molar-refractivity contribution in [2.75, 3.05) is 5.32 Å². The zero-order valence-electron chi connectivity index (χ0n) is 12.0. The maximum Gasteiger partial charge on any atom is 0.101 e. The quantitative estimate of drug-likeness (QED) is 0.749. The average Bonchev–Trinajstić information content (AvgIpc) is 3.04. The molecule has 0 saturated carbocycles. The Morgan fingerprint density at radius 3 is 2.73 bits per heavy atom. The number of nitrogens with zero attached hydrogens (tertiary/aromatic N) is 1. The van der Waals surface area contributed by atoms with Crippen LogP contribution in [-0.4, -0.2) is 0 Å². The predicted molar refractivity (Wildman–Crippen MR) is 89.0 cm³/mol. The molecular weight excluding hydrogens is 292 g/mol. The number of rotatable bonds is 1. The van der Waals surface area contributed by atoms with Gasteiger partial charge in [-0.15, -0.1) is 0 Å². The molecule has 1 heterocycles. The molecule has 1 aliphatic carbocycles. The number of nitrogens with one attached hydrogen (secondary N) is 1. The molecule has 0 spiro atoms. The van der Waals surface area contributed by atoms with E-state index in [1.165, 1.54) is 11.1 Å². The van der Waals surface area contributed by atoms with E-state index in [1.807, 2.05) is 24.3 Å². The number of fused-ring (bicyclic) bond motifs is 3. The molecule has 0 fully saturated rings. The smallest absolute Gasteiger partial charge is 0.101 e. The van der Waals surface area contributed by atoms with Gasteiger partial charge in [-0.25, -0.2) is 0 Å². The number of allylic oxidation sites excluding steroid dienone is 2. The predicted octanol–water partition coefficient (Wildman–Crippen LogP) is 5.04. The molecule has 22 heavy (non-hydrogen) atoms. The van der Waals surface area contributed by atoms with Crippen LogP contribution in [-0.2, 0) is 0 Å². The van der Waals surface area contributed by atoms with Crippen molar-refractivity contribution in [2.45, 2.75) is 18.4 Å². The number of halogens is 1. The maximum atomic E-state index is 9.40. The van der Waals surface area contributed by atoms with Gasteiger partial charge in [-0.1, -0.05) is 48.0 Å². The normalized spacial score (nSPS) is 25.0. The highest BCUT2D eigenvalue weighted by Crippen LogP contribution is 2.50. The molecule has 0 saturated heterocycles. The molecule has 1 aliphatic heterocycles. The topological polar surface area (TPSA) is 35.8 Å². The Hall–Kier alpha value is -2.24. The summed E-state index contributed by atoms with van der Waals surface area (Å²) in [6.07, 6.45) is 5.60. The van der Waals surface area contributed by atoms with Gasteiger partial charge in [-0.3, -0.25) is 0 Å². The number of hydrogen-bond donors (Lipinski definition) is 1. The number of anilines is 1. The summed E-state index contributed by atoms with van der Waals surface area (Å²) in [6, 6.07) is 16.5. The lowest BCUT2D eigenvalue weighted by Crippen LogP contribution is -2.29. The fourth-order valence-electron chi connectivity index (χ4n) is 3.71. The minimum atomic E-state index is 0.208. The largest absolute Gasteiger partial charge is 0.377 e. The summed E-state index contributed by atoms with van der Waals surface area (Å²) in [5.74, 6) is 0.868. The summed E-state index contributed by atoms with van der Waals surface area (Å²) >= 11 is 6.01. The van der Waals surface area contributed by atoms with E-state index >= 15 is 0 Å². The lowest BCUT2D eigenvalue weighted by molar-refractivity contribution is 0.425. The highest BCUT2D eigenvalue weighted by Gasteiger charge is 2.38. The molecule has 3 atom stereocenters. The Bertz CT molecular complexity index is 786. The van der Waals surface area contributed by atoms with Gasteiger partial charge in [-0.05, 0) is 41.7 Å². The first-order chi connectivity index (χ1) is 10.8. The molecule has 108 valence electrons. The summed E-state index contributed by atoms with van der Waals surface area (Å²) in [5, 5.41) is 13.8. The molecule has 0 amide bonds. The Balaban J connectivity index is 1.83. The van der Waals surface area contributed by atoms with Crippen LogP contribution in [0.1, 0.15) is 35.1 Å². The third-order valence-corrected chi connectivity index (χ3v) is 5.00. The molecule has 3 unspecified atom stereocenters. The molecule has 3 heteroatoms. The second kappa shape index (κ2) is 5.19. The monoisotopic (exact) mass is 306 g/mol. The second-order valence-corrected chi connectivity index (χ2v) is 6.35. The van der Waals surface area contributed by atoms with Crippen LogP contribution in [0.15, 0.2) is 54.6 Å². The molecule has 1 N–H and O–H groups in total. The molecule has 2 aromatic rings. The molecule has 2 aliphatic rings. The van der Waals surface area contributed by atoms with E-state index in [-0.39, 0.29) is 6.04 Å². The Kier molecular flexibility index (Phi) is 3.17. The number of benzene rings is 2. The first-order valence-corrected chi connectivity index (χ1v) is 7.87. The first-order valence-electron chi connectivity index (χ1n) is 7.49. The van der Waals surface area contributed by atoms with Crippen LogP contribution >= 0.6 is 11.6 Å². The van der Waals surface area contributed by atoms with Crippen LogP contribution < -0.4 is 5.32 Å². The van der Waals surface area contributed by atoms with Crippen LogP contribution in [0, 0.1) is 17.2 Å². The van der Waals surface area contributed by atoms with Crippen molar-refractivity contribution < 1.29 is 0 Å². The summed E-state index contributed by atoms with van der Waals surface area (Å²) < 4.78 is 0. The van der Waals surface area contributed by atoms with Gasteiger partial charge in [0.1, 0.15) is 6.07 Å². The van der Waals surface area contributed by atoms with E-state index in [9.17, 15) is 5.26 Å². The van der Waals surface area contributed by atoms with Crippen LogP contribution in [0.3, 0.4) is 0 Å². The van der Waals surface area contributed by atoms with Crippen molar-refractivity contribution in [2.24, 2.45) is 5.92 Å². The minimum absolute atomic E-state index is 0.208. The number of nitriles is 1. The standard InChI is InChI=1S/C19H15ClN2/c20-14-9-7-12(8-10-14)18-16-6-2-4-15(16)17-5-1-3-13(11-21)19(17)22-18/h1-5,7-10,15-16,18,22H,6H2. The van der Waals surface area contributed by atoms with Gasteiger partial charge >= 0.3 is 0 Å². The Labute approximate surface area is 135 Å². The highest BCUT2D eigenvalue weighted by molar-refractivity contribution is 6.30. The second-order valence-electron chi connectivity index (χ2n) is 5.91. The molecular formula is C19H15ClN2. The van der Waals surface area contributed by atoms with Crippen molar-refractivity contribution in [1.29, 1.82) is 5.26 Å². The van der Waals surface area contributed by atoms with E-state index in [1.54, 1.807) is 0 Å². The van der Waals surface area contributed by atoms with E-state index in [0.29, 0.717) is 11.8 Å². The number of para-hydroxylation sites is 1. The fourth-order valence-corrected chi connectivity index (χ4v) is 3.84. The van der Waals surface area contributed by atoms with Crippen molar-refractivity contribution in [3.63, 3.8) is 0 Å². The van der Waals surface area contributed by atoms with Gasteiger partial charge in [0.15, 0.2) is 0 Å². The molecule has 0 bridgehead atoms. The molecule has 0 radical (unpaired) electrons. The zero-order valence-corrected chi connectivity index (χ0v) is 12.7. The van der Waals surface area contributed by atoms with E-state index in [0.717, 1.165) is 22.7 Å². The summed E-state index contributed by atoms with van der Waals surface area (Å²) in [6.45, 7) is 0. The molecule has 2 nitrogen and oxygen atoms in total. The Morgan fingerprint density at radius 2 is 1.95 bits per heavy atom. The highest BCUT2D eigenvalue weighted by atomic mass is 35.5. The van der Waals surface area contributed by atoms with Gasteiger partial charge in [0, 0.05) is 10.9 Å². The van der Waals surface area contributed by atoms with E-state index < -0.39 is 0 Å². The van der Waals surface area contributed by atoms with Gasteiger partial charge in [0.2, 0.25) is 0 Å². The lowest BCUT2D eigenvalue weighted by atomic mass is 9.76. The fraction of sp³-hybridized carbons (Fsp3) is 0.211. The molecule has 4 rings (SSSR count). The van der Waals surface area contributed by atoms with Crippen molar-refractivity contribution in [1.82, 2.24) is 0 Å². The van der Waals surface area contributed by atoms with Crippen molar-refractivity contribution in [3.8, 4) is 6.07 Å². The zero-order chi connectivity index (χ0) is 15.1. The van der Waals surface area contributed by atoms with Crippen LogP contribution in [0.4, 0.5) is 5.69 Å². The van der Waals surface area contributed by atoms with Crippen LogP contribution in [0.5, 0.6) is 0 Å². The minimum Gasteiger partial charge on any atom is -0.377 e. The van der Waals surface area contributed by atoms with Crippen molar-refractivity contribution in [3.05, 3.63) is 76.3 Å². The van der Waals surface area contributed by atoms with Gasteiger partial charge < -0.3 is 5.32 Å². The van der Waals surface area contributed by atoms with Crippen molar-refractivity contribution >= 4 is 17.3 Å². The van der Waals surface area contributed by atoms with Gasteiger partial charge in [-0.2, -0.15) is 5.26 Å². The van der Waals surface area contributed by atoms with Crippen LogP contribution in [0.2, 0.25) is 5.02 Å². The third kappa shape index (κ3) is 2.01.